The molecule has 0 spiro atoms. The van der Waals surface area contributed by atoms with Gasteiger partial charge in [-0.15, -0.1) is 0 Å². The maximum atomic E-state index is 12.6. The number of hydrogen-bond acceptors (Lipinski definition) is 2. The van der Waals surface area contributed by atoms with E-state index in [0.717, 1.165) is 12.1 Å². The summed E-state index contributed by atoms with van der Waals surface area (Å²) in [5, 5.41) is 2.96. The highest BCUT2D eigenvalue weighted by molar-refractivity contribution is 5.28. The van der Waals surface area contributed by atoms with Crippen molar-refractivity contribution in [2.45, 2.75) is 25.2 Å². The summed E-state index contributed by atoms with van der Waals surface area (Å²) in [7, 11) is 3.23. The van der Waals surface area contributed by atoms with Gasteiger partial charge in [-0.1, -0.05) is 12.1 Å². The number of benzene rings is 1. The number of halogens is 3. The molecule has 0 saturated carbocycles. The number of ether oxygens (including phenoxy) is 1. The number of rotatable bonds is 4. The highest BCUT2D eigenvalue weighted by atomic mass is 19.4. The number of alkyl halides is 3. The first kappa shape index (κ1) is 14.0. The van der Waals surface area contributed by atoms with Crippen molar-refractivity contribution in [3.8, 4) is 0 Å². The molecule has 1 rings (SSSR count). The van der Waals surface area contributed by atoms with Crippen molar-refractivity contribution in [3.05, 3.63) is 35.4 Å². The van der Waals surface area contributed by atoms with E-state index in [-0.39, 0.29) is 12.1 Å². The van der Waals surface area contributed by atoms with Gasteiger partial charge in [-0.2, -0.15) is 13.2 Å². The van der Waals surface area contributed by atoms with E-state index in [1.54, 1.807) is 20.0 Å². The minimum absolute atomic E-state index is 0.205. The predicted octanol–water partition coefficient (Wildman–Crippen LogP) is 3.00. The van der Waals surface area contributed by atoms with Gasteiger partial charge >= 0.3 is 6.18 Å². The third kappa shape index (κ3) is 3.44. The maximum absolute atomic E-state index is 12.6. The lowest BCUT2D eigenvalue weighted by Gasteiger charge is -2.23. The van der Waals surface area contributed by atoms with Gasteiger partial charge in [-0.3, -0.25) is 0 Å². The van der Waals surface area contributed by atoms with Gasteiger partial charge in [0.25, 0.3) is 0 Å². The van der Waals surface area contributed by atoms with Crippen molar-refractivity contribution in [1.82, 2.24) is 5.32 Å². The van der Waals surface area contributed by atoms with Crippen molar-refractivity contribution in [3.63, 3.8) is 0 Å². The van der Waals surface area contributed by atoms with E-state index in [4.69, 9.17) is 4.74 Å². The second kappa shape index (κ2) is 5.51. The van der Waals surface area contributed by atoms with Crippen LogP contribution in [0.15, 0.2) is 24.3 Å². The standard InChI is InChI=1S/C12H16F3NO/c1-8(17-3)11(16-2)9-5-4-6-10(7-9)12(13,14)15/h4-8,11,16H,1-3H3. The molecule has 0 fully saturated rings. The Labute approximate surface area is 98.8 Å². The van der Waals surface area contributed by atoms with E-state index >= 15 is 0 Å². The molecule has 17 heavy (non-hydrogen) atoms. The van der Waals surface area contributed by atoms with E-state index in [1.165, 1.54) is 13.2 Å². The van der Waals surface area contributed by atoms with Crippen LogP contribution >= 0.6 is 0 Å². The molecule has 0 saturated heterocycles. The minimum Gasteiger partial charge on any atom is -0.380 e. The first-order valence-electron chi connectivity index (χ1n) is 5.27. The molecule has 1 aromatic carbocycles. The quantitative estimate of drug-likeness (QED) is 0.883. The first-order chi connectivity index (χ1) is 7.90. The largest absolute Gasteiger partial charge is 0.416 e. The molecule has 0 aliphatic rings. The lowest BCUT2D eigenvalue weighted by atomic mass is 10.00. The average molecular weight is 247 g/mol. The molecule has 1 aromatic rings. The second-order valence-corrected chi connectivity index (χ2v) is 3.83. The van der Waals surface area contributed by atoms with Gasteiger partial charge in [0.1, 0.15) is 0 Å². The molecule has 2 unspecified atom stereocenters. The van der Waals surface area contributed by atoms with Crippen LogP contribution in [-0.4, -0.2) is 20.3 Å². The van der Waals surface area contributed by atoms with Crippen molar-refractivity contribution < 1.29 is 17.9 Å². The summed E-state index contributed by atoms with van der Waals surface area (Å²) in [6.45, 7) is 1.81. The molecule has 0 aromatic heterocycles. The Morgan fingerprint density at radius 1 is 1.29 bits per heavy atom. The van der Waals surface area contributed by atoms with Crippen molar-refractivity contribution in [2.75, 3.05) is 14.2 Å². The van der Waals surface area contributed by atoms with Crippen molar-refractivity contribution in [1.29, 1.82) is 0 Å². The molecule has 0 aliphatic carbocycles. The topological polar surface area (TPSA) is 21.3 Å². The van der Waals surface area contributed by atoms with Gasteiger partial charge < -0.3 is 10.1 Å². The number of likely N-dealkylation sites (N-methyl/N-ethyl adjacent to an activating group) is 1. The summed E-state index contributed by atoms with van der Waals surface area (Å²) in [5.74, 6) is 0. The molecule has 0 heterocycles. The molecule has 96 valence electrons. The van der Waals surface area contributed by atoms with Gasteiger partial charge in [0.15, 0.2) is 0 Å². The summed E-state index contributed by atoms with van der Waals surface area (Å²) in [4.78, 5) is 0. The van der Waals surface area contributed by atoms with Crippen LogP contribution in [0, 0.1) is 0 Å². The monoisotopic (exact) mass is 247 g/mol. The molecule has 5 heteroatoms. The fourth-order valence-corrected chi connectivity index (χ4v) is 1.72. The van der Waals surface area contributed by atoms with E-state index in [1.807, 2.05) is 0 Å². The smallest absolute Gasteiger partial charge is 0.380 e. The van der Waals surface area contributed by atoms with E-state index in [2.05, 4.69) is 5.32 Å². The molecule has 1 N–H and O–H groups in total. The Kier molecular flexibility index (Phi) is 4.54. The van der Waals surface area contributed by atoms with E-state index in [9.17, 15) is 13.2 Å². The molecule has 2 nitrogen and oxygen atoms in total. The average Bonchev–Trinajstić information content (AvgIpc) is 2.29. The molecular weight excluding hydrogens is 231 g/mol. The number of methoxy groups -OCH3 is 1. The van der Waals surface area contributed by atoms with E-state index < -0.39 is 11.7 Å². The zero-order chi connectivity index (χ0) is 13.1. The van der Waals surface area contributed by atoms with Gasteiger partial charge in [-0.25, -0.2) is 0 Å². The van der Waals surface area contributed by atoms with Crippen LogP contribution in [0.3, 0.4) is 0 Å². The zero-order valence-corrected chi connectivity index (χ0v) is 10.0. The molecule has 0 bridgehead atoms. The highest BCUT2D eigenvalue weighted by Crippen LogP contribution is 2.31. The van der Waals surface area contributed by atoms with Crippen molar-refractivity contribution >= 4 is 0 Å². The van der Waals surface area contributed by atoms with Crippen LogP contribution in [0.25, 0.3) is 0 Å². The zero-order valence-electron chi connectivity index (χ0n) is 10.0. The van der Waals surface area contributed by atoms with Gasteiger partial charge in [0, 0.05) is 7.11 Å². The normalized spacial score (nSPS) is 15.6. The minimum atomic E-state index is -4.31. The number of hydrogen-bond donors (Lipinski definition) is 1. The fourth-order valence-electron chi connectivity index (χ4n) is 1.72. The molecular formula is C12H16F3NO. The Bertz CT molecular complexity index is 365. The Morgan fingerprint density at radius 3 is 2.41 bits per heavy atom. The van der Waals surface area contributed by atoms with Crippen molar-refractivity contribution in [2.24, 2.45) is 0 Å². The summed E-state index contributed by atoms with van der Waals surface area (Å²) < 4.78 is 42.8. The lowest BCUT2D eigenvalue weighted by Crippen LogP contribution is -2.28. The summed E-state index contributed by atoms with van der Waals surface area (Å²) in [6.07, 6.45) is -4.52. The van der Waals surface area contributed by atoms with Crippen LogP contribution in [0.2, 0.25) is 0 Å². The van der Waals surface area contributed by atoms with E-state index in [0.29, 0.717) is 5.56 Å². The predicted molar refractivity (Wildman–Crippen MR) is 59.7 cm³/mol. The first-order valence-corrected chi connectivity index (χ1v) is 5.27. The Balaban J connectivity index is 3.05. The molecule has 0 radical (unpaired) electrons. The maximum Gasteiger partial charge on any atom is 0.416 e. The molecule has 0 aliphatic heterocycles. The van der Waals surface area contributed by atoms with Crippen LogP contribution in [-0.2, 0) is 10.9 Å². The third-order valence-corrected chi connectivity index (χ3v) is 2.73. The molecule has 2 atom stereocenters. The summed E-state index contributed by atoms with van der Waals surface area (Å²) in [5.41, 5.74) is -0.0739. The molecule has 0 amide bonds. The van der Waals surface area contributed by atoms with Crippen LogP contribution in [0.1, 0.15) is 24.1 Å². The van der Waals surface area contributed by atoms with Gasteiger partial charge in [0.05, 0.1) is 17.7 Å². The lowest BCUT2D eigenvalue weighted by molar-refractivity contribution is -0.137. The Hall–Kier alpha value is -1.07. The van der Waals surface area contributed by atoms with Crippen LogP contribution in [0.4, 0.5) is 13.2 Å². The number of nitrogens with one attached hydrogen (secondary N) is 1. The van der Waals surface area contributed by atoms with Gasteiger partial charge in [0.2, 0.25) is 0 Å². The third-order valence-electron chi connectivity index (χ3n) is 2.73. The summed E-state index contributed by atoms with van der Waals surface area (Å²) in [6, 6.07) is 5.02. The van der Waals surface area contributed by atoms with Crippen LogP contribution in [0.5, 0.6) is 0 Å². The second-order valence-electron chi connectivity index (χ2n) is 3.83. The Morgan fingerprint density at radius 2 is 1.94 bits per heavy atom. The highest BCUT2D eigenvalue weighted by Gasteiger charge is 2.31. The van der Waals surface area contributed by atoms with Gasteiger partial charge in [-0.05, 0) is 31.7 Å². The van der Waals surface area contributed by atoms with Crippen LogP contribution < -0.4 is 5.32 Å². The SMILES string of the molecule is CNC(c1cccc(C(F)(F)F)c1)C(C)OC. The summed E-state index contributed by atoms with van der Waals surface area (Å²) >= 11 is 0. The fraction of sp³-hybridized carbons (Fsp3) is 0.500.